The van der Waals surface area contributed by atoms with Crippen LogP contribution in [-0.4, -0.2) is 5.91 Å². The average molecular weight is 463 g/mol. The molecular weight excluding hydrogens is 452 g/mol. The van der Waals surface area contributed by atoms with Crippen LogP contribution in [0.3, 0.4) is 0 Å². The molecule has 1 amide bonds. The zero-order chi connectivity index (χ0) is 13.1. The molecule has 0 spiro atoms. The highest BCUT2D eigenvalue weighted by atomic mass is 127. The lowest BCUT2D eigenvalue weighted by molar-refractivity contribution is 0.102. The number of halogens is 2. The molecule has 2 rings (SSSR count). The van der Waals surface area contributed by atoms with Crippen LogP contribution in [0.5, 0.6) is 0 Å². The molecule has 0 saturated heterocycles. The van der Waals surface area contributed by atoms with Gasteiger partial charge in [0.1, 0.15) is 0 Å². The van der Waals surface area contributed by atoms with Gasteiger partial charge in [-0.25, -0.2) is 0 Å². The van der Waals surface area contributed by atoms with Crippen LogP contribution in [0, 0.1) is 14.1 Å². The number of carbonyl (C=O) groups excluding carboxylic acids is 1. The topological polar surface area (TPSA) is 29.1 Å². The van der Waals surface area contributed by atoms with Crippen LogP contribution in [0.4, 0.5) is 5.69 Å². The maximum absolute atomic E-state index is 12.0. The molecule has 1 N–H and O–H groups in total. The molecule has 0 fully saturated rings. The van der Waals surface area contributed by atoms with E-state index >= 15 is 0 Å². The van der Waals surface area contributed by atoms with Gasteiger partial charge in [-0.2, -0.15) is 0 Å². The Morgan fingerprint density at radius 1 is 1.06 bits per heavy atom. The number of aryl methyl sites for hydroxylation is 1. The Morgan fingerprint density at radius 3 is 2.33 bits per heavy atom. The molecule has 0 radical (unpaired) electrons. The molecule has 0 atom stereocenters. The van der Waals surface area contributed by atoms with Crippen LogP contribution in [0.25, 0.3) is 0 Å². The van der Waals surface area contributed by atoms with Gasteiger partial charge in [0.2, 0.25) is 0 Å². The molecule has 0 aliphatic rings. The minimum absolute atomic E-state index is 0.0768. The predicted molar refractivity (Wildman–Crippen MR) is 91.0 cm³/mol. The summed E-state index contributed by atoms with van der Waals surface area (Å²) < 4.78 is 2.31. The summed E-state index contributed by atoms with van der Waals surface area (Å²) in [5.41, 5.74) is 2.67. The Kier molecular flexibility index (Phi) is 4.60. The van der Waals surface area contributed by atoms with Crippen molar-refractivity contribution >= 4 is 56.8 Å². The largest absolute Gasteiger partial charge is 0.322 e. The Hall–Kier alpha value is -0.630. The van der Waals surface area contributed by atoms with Crippen molar-refractivity contribution in [3.8, 4) is 0 Å². The summed E-state index contributed by atoms with van der Waals surface area (Å²) in [5, 5.41) is 2.90. The van der Waals surface area contributed by atoms with Gasteiger partial charge in [-0.1, -0.05) is 0 Å². The van der Waals surface area contributed by atoms with E-state index in [4.69, 9.17) is 0 Å². The van der Waals surface area contributed by atoms with Gasteiger partial charge in [-0.05, 0) is 100 Å². The Bertz CT molecular complexity index is 579. The molecule has 0 heterocycles. The molecular formula is C14H11I2NO. The zero-order valence-corrected chi connectivity index (χ0v) is 14.0. The maximum atomic E-state index is 12.0. The van der Waals surface area contributed by atoms with E-state index in [9.17, 15) is 4.79 Å². The van der Waals surface area contributed by atoms with Gasteiger partial charge in [0.05, 0.1) is 0 Å². The van der Waals surface area contributed by atoms with Crippen LogP contribution < -0.4 is 5.32 Å². The SMILES string of the molecule is Cc1cc(NC(=O)c2ccc(I)cc2)ccc1I. The van der Waals surface area contributed by atoms with Gasteiger partial charge in [0.25, 0.3) is 5.91 Å². The van der Waals surface area contributed by atoms with Crippen LogP contribution in [0.2, 0.25) is 0 Å². The fourth-order valence-electron chi connectivity index (χ4n) is 1.53. The van der Waals surface area contributed by atoms with Gasteiger partial charge < -0.3 is 5.32 Å². The van der Waals surface area contributed by atoms with Crippen molar-refractivity contribution in [2.75, 3.05) is 5.32 Å². The molecule has 2 aromatic rings. The second kappa shape index (κ2) is 6.01. The third-order valence-corrected chi connectivity index (χ3v) is 4.45. The van der Waals surface area contributed by atoms with Crippen molar-refractivity contribution in [2.45, 2.75) is 6.92 Å². The lowest BCUT2D eigenvalue weighted by Gasteiger charge is -2.07. The first-order chi connectivity index (χ1) is 8.56. The third-order valence-electron chi connectivity index (χ3n) is 2.52. The normalized spacial score (nSPS) is 10.2. The summed E-state index contributed by atoms with van der Waals surface area (Å²) in [6.45, 7) is 2.03. The summed E-state index contributed by atoms with van der Waals surface area (Å²) in [7, 11) is 0. The number of carbonyl (C=O) groups is 1. The first kappa shape index (κ1) is 13.8. The van der Waals surface area contributed by atoms with Gasteiger partial charge in [0, 0.05) is 18.4 Å². The van der Waals surface area contributed by atoms with E-state index in [0.29, 0.717) is 5.56 Å². The molecule has 0 aromatic heterocycles. The van der Waals surface area contributed by atoms with Crippen molar-refractivity contribution in [3.63, 3.8) is 0 Å². The first-order valence-corrected chi connectivity index (χ1v) is 7.55. The quantitative estimate of drug-likeness (QED) is 0.656. The zero-order valence-electron chi connectivity index (χ0n) is 9.71. The fourth-order valence-corrected chi connectivity index (χ4v) is 2.22. The third kappa shape index (κ3) is 3.44. The first-order valence-electron chi connectivity index (χ1n) is 5.39. The molecule has 2 nitrogen and oxygen atoms in total. The highest BCUT2D eigenvalue weighted by Gasteiger charge is 2.06. The molecule has 0 bridgehead atoms. The molecule has 2 aromatic carbocycles. The highest BCUT2D eigenvalue weighted by molar-refractivity contribution is 14.1. The molecule has 4 heteroatoms. The van der Waals surface area contributed by atoms with Gasteiger partial charge >= 0.3 is 0 Å². The number of anilines is 1. The standard InChI is InChI=1S/C14H11I2NO/c1-9-8-12(6-7-13(9)16)17-14(18)10-2-4-11(15)5-3-10/h2-8H,1H3,(H,17,18). The van der Waals surface area contributed by atoms with Crippen molar-refractivity contribution in [1.82, 2.24) is 0 Å². The molecule has 92 valence electrons. The Balaban J connectivity index is 2.16. The molecule has 18 heavy (non-hydrogen) atoms. The average Bonchev–Trinajstić information content (AvgIpc) is 2.34. The van der Waals surface area contributed by atoms with E-state index in [1.807, 2.05) is 49.4 Å². The minimum Gasteiger partial charge on any atom is -0.322 e. The number of hydrogen-bond acceptors (Lipinski definition) is 1. The molecule has 0 saturated carbocycles. The van der Waals surface area contributed by atoms with Crippen molar-refractivity contribution in [2.24, 2.45) is 0 Å². The summed E-state index contributed by atoms with van der Waals surface area (Å²) in [6, 6.07) is 13.4. The highest BCUT2D eigenvalue weighted by Crippen LogP contribution is 2.17. The number of amides is 1. The number of rotatable bonds is 2. The van der Waals surface area contributed by atoms with Gasteiger partial charge in [-0.3, -0.25) is 4.79 Å². The Morgan fingerprint density at radius 2 is 1.72 bits per heavy atom. The number of nitrogens with one attached hydrogen (secondary N) is 1. The monoisotopic (exact) mass is 463 g/mol. The fraction of sp³-hybridized carbons (Fsp3) is 0.0714. The predicted octanol–water partition coefficient (Wildman–Crippen LogP) is 4.46. The van der Waals surface area contributed by atoms with E-state index < -0.39 is 0 Å². The van der Waals surface area contributed by atoms with Crippen molar-refractivity contribution in [3.05, 3.63) is 60.7 Å². The van der Waals surface area contributed by atoms with Gasteiger partial charge in [0.15, 0.2) is 0 Å². The Labute approximate surface area is 133 Å². The lowest BCUT2D eigenvalue weighted by atomic mass is 10.2. The summed E-state index contributed by atoms with van der Waals surface area (Å²) in [6.07, 6.45) is 0. The van der Waals surface area contributed by atoms with Crippen LogP contribution >= 0.6 is 45.2 Å². The van der Waals surface area contributed by atoms with E-state index in [1.54, 1.807) is 0 Å². The van der Waals surface area contributed by atoms with Crippen LogP contribution in [0.1, 0.15) is 15.9 Å². The lowest BCUT2D eigenvalue weighted by Crippen LogP contribution is -2.11. The summed E-state index contributed by atoms with van der Waals surface area (Å²) >= 11 is 4.50. The molecule has 0 aliphatic carbocycles. The van der Waals surface area contributed by atoms with Gasteiger partial charge in [-0.15, -0.1) is 0 Å². The summed E-state index contributed by atoms with van der Waals surface area (Å²) in [4.78, 5) is 12.0. The molecule has 0 aliphatic heterocycles. The van der Waals surface area contributed by atoms with Crippen LogP contribution in [0.15, 0.2) is 42.5 Å². The van der Waals surface area contributed by atoms with Crippen LogP contribution in [-0.2, 0) is 0 Å². The van der Waals surface area contributed by atoms with E-state index in [-0.39, 0.29) is 5.91 Å². The van der Waals surface area contributed by atoms with E-state index in [0.717, 1.165) is 14.8 Å². The summed E-state index contributed by atoms with van der Waals surface area (Å²) in [5.74, 6) is -0.0768. The number of benzene rings is 2. The second-order valence-corrected chi connectivity index (χ2v) is 6.33. The second-order valence-electron chi connectivity index (χ2n) is 3.92. The van der Waals surface area contributed by atoms with E-state index in [1.165, 1.54) is 3.57 Å². The molecule has 0 unspecified atom stereocenters. The number of hydrogen-bond donors (Lipinski definition) is 1. The van der Waals surface area contributed by atoms with Crippen molar-refractivity contribution in [1.29, 1.82) is 0 Å². The maximum Gasteiger partial charge on any atom is 0.255 e. The van der Waals surface area contributed by atoms with Crippen molar-refractivity contribution < 1.29 is 4.79 Å². The minimum atomic E-state index is -0.0768. The smallest absolute Gasteiger partial charge is 0.255 e. The van der Waals surface area contributed by atoms with E-state index in [2.05, 4.69) is 50.5 Å².